The average Bonchev–Trinajstić information content (AvgIpc) is 2.71. The fraction of sp³-hybridized carbons (Fsp3) is 0.381. The Hall–Kier alpha value is -2.74. The third-order valence-electron chi connectivity index (χ3n) is 4.60. The normalized spacial score (nSPS) is 17.1. The molecule has 0 aromatic heterocycles. The Morgan fingerprint density at radius 3 is 2.66 bits per heavy atom. The molecule has 1 atom stereocenters. The monoisotopic (exact) mass is 409 g/mol. The van der Waals surface area contributed by atoms with Gasteiger partial charge >= 0.3 is 6.36 Å². The van der Waals surface area contributed by atoms with E-state index in [4.69, 9.17) is 9.47 Å². The van der Waals surface area contributed by atoms with E-state index in [1.807, 2.05) is 0 Å². The van der Waals surface area contributed by atoms with Crippen LogP contribution >= 0.6 is 0 Å². The minimum Gasteiger partial charge on any atom is -0.497 e. The molecule has 1 aliphatic heterocycles. The number of amides is 1. The number of halogens is 3. The number of methoxy groups -OCH3 is 1. The Bertz CT molecular complexity index is 841. The van der Waals surface area contributed by atoms with Gasteiger partial charge in [-0.1, -0.05) is 18.2 Å². The lowest BCUT2D eigenvalue weighted by molar-refractivity contribution is -0.274. The predicted molar refractivity (Wildman–Crippen MR) is 99.8 cm³/mol. The van der Waals surface area contributed by atoms with E-state index >= 15 is 0 Å². The lowest BCUT2D eigenvalue weighted by Crippen LogP contribution is -2.43. The van der Waals surface area contributed by atoms with Crippen LogP contribution in [-0.4, -0.2) is 43.5 Å². The molecule has 156 valence electrons. The molecule has 5 nitrogen and oxygen atoms in total. The summed E-state index contributed by atoms with van der Waals surface area (Å²) < 4.78 is 52.0. The number of nitrogens with zero attached hydrogens (tertiary/aromatic N) is 1. The van der Waals surface area contributed by atoms with Crippen molar-refractivity contribution in [3.8, 4) is 11.5 Å². The van der Waals surface area contributed by atoms with Gasteiger partial charge in [-0.15, -0.1) is 13.2 Å². The van der Waals surface area contributed by atoms with Gasteiger partial charge in [0.2, 0.25) is 0 Å². The van der Waals surface area contributed by atoms with Crippen molar-refractivity contribution >= 4 is 5.91 Å². The van der Waals surface area contributed by atoms with Gasteiger partial charge in [0.25, 0.3) is 5.91 Å². The number of piperidine rings is 1. The van der Waals surface area contributed by atoms with E-state index in [-0.39, 0.29) is 24.4 Å². The van der Waals surface area contributed by atoms with Crippen LogP contribution in [0.2, 0.25) is 0 Å². The smallest absolute Gasteiger partial charge is 0.497 e. The number of likely N-dealkylation sites (tertiary alicyclic amines) is 1. The first-order valence-electron chi connectivity index (χ1n) is 9.23. The molecule has 1 fully saturated rings. The van der Waals surface area contributed by atoms with Crippen molar-refractivity contribution < 1.29 is 32.2 Å². The Morgan fingerprint density at radius 1 is 1.14 bits per heavy atom. The van der Waals surface area contributed by atoms with Crippen LogP contribution < -0.4 is 9.47 Å². The molecule has 0 saturated carbocycles. The lowest BCUT2D eigenvalue weighted by atomic mass is 10.1. The number of hydrogen-bond acceptors (Lipinski definition) is 4. The molecule has 8 heteroatoms. The minimum absolute atomic E-state index is 0.0993. The first-order valence-corrected chi connectivity index (χ1v) is 9.23. The molecule has 3 rings (SSSR count). The second kappa shape index (κ2) is 9.17. The van der Waals surface area contributed by atoms with Gasteiger partial charge in [-0.25, -0.2) is 0 Å². The van der Waals surface area contributed by atoms with E-state index in [0.29, 0.717) is 30.0 Å². The first kappa shape index (κ1) is 21.0. The zero-order valence-electron chi connectivity index (χ0n) is 15.9. The lowest BCUT2D eigenvalue weighted by Gasteiger charge is -2.33. The van der Waals surface area contributed by atoms with Crippen LogP contribution in [0, 0.1) is 0 Å². The highest BCUT2D eigenvalue weighted by atomic mass is 19.4. The third kappa shape index (κ3) is 6.12. The van der Waals surface area contributed by atoms with E-state index in [1.165, 1.54) is 18.2 Å². The van der Waals surface area contributed by atoms with Gasteiger partial charge < -0.3 is 19.1 Å². The third-order valence-corrected chi connectivity index (χ3v) is 4.60. The minimum atomic E-state index is -4.73. The van der Waals surface area contributed by atoms with Crippen molar-refractivity contribution in [3.63, 3.8) is 0 Å². The van der Waals surface area contributed by atoms with E-state index in [9.17, 15) is 18.0 Å². The van der Waals surface area contributed by atoms with E-state index in [2.05, 4.69) is 4.74 Å². The fourth-order valence-electron chi connectivity index (χ4n) is 3.24. The zero-order valence-corrected chi connectivity index (χ0v) is 15.9. The Balaban J connectivity index is 1.57. The summed E-state index contributed by atoms with van der Waals surface area (Å²) in [6.07, 6.45) is -3.35. The molecule has 0 spiro atoms. The summed E-state index contributed by atoms with van der Waals surface area (Å²) in [6, 6.07) is 12.7. The van der Waals surface area contributed by atoms with Gasteiger partial charge in [0.1, 0.15) is 11.5 Å². The molecule has 2 aromatic rings. The SMILES string of the molecule is COc1cccc(C(=O)N2CCC[C@@H](OCc3cccc(OC(F)(F)F)c3)C2)c1. The molecular formula is C21H22F3NO4. The average molecular weight is 409 g/mol. The van der Waals surface area contributed by atoms with Crippen molar-refractivity contribution in [2.75, 3.05) is 20.2 Å². The maximum Gasteiger partial charge on any atom is 0.573 e. The highest BCUT2D eigenvalue weighted by Gasteiger charge is 2.31. The van der Waals surface area contributed by atoms with Crippen molar-refractivity contribution in [1.82, 2.24) is 4.90 Å². The van der Waals surface area contributed by atoms with Crippen LogP contribution in [0.25, 0.3) is 0 Å². The number of hydrogen-bond donors (Lipinski definition) is 0. The summed E-state index contributed by atoms with van der Waals surface area (Å²) >= 11 is 0. The molecule has 0 N–H and O–H groups in total. The molecule has 0 radical (unpaired) electrons. The molecule has 1 heterocycles. The quantitative estimate of drug-likeness (QED) is 0.709. The maximum absolute atomic E-state index is 12.8. The van der Waals surface area contributed by atoms with Crippen LogP contribution in [0.1, 0.15) is 28.8 Å². The highest BCUT2D eigenvalue weighted by Crippen LogP contribution is 2.24. The molecule has 2 aromatic carbocycles. The first-order chi connectivity index (χ1) is 13.8. The fourth-order valence-corrected chi connectivity index (χ4v) is 3.24. The van der Waals surface area contributed by atoms with Crippen LogP contribution in [0.15, 0.2) is 48.5 Å². The number of benzene rings is 2. The molecule has 0 aliphatic carbocycles. The van der Waals surface area contributed by atoms with Gasteiger partial charge in [0, 0.05) is 18.7 Å². The Kier molecular flexibility index (Phi) is 6.64. The van der Waals surface area contributed by atoms with Crippen LogP contribution in [0.4, 0.5) is 13.2 Å². The number of alkyl halides is 3. The van der Waals surface area contributed by atoms with Gasteiger partial charge in [-0.2, -0.15) is 0 Å². The van der Waals surface area contributed by atoms with Crippen LogP contribution in [-0.2, 0) is 11.3 Å². The largest absolute Gasteiger partial charge is 0.573 e. The summed E-state index contributed by atoms with van der Waals surface area (Å²) in [5, 5.41) is 0. The Morgan fingerprint density at radius 2 is 1.90 bits per heavy atom. The zero-order chi connectivity index (χ0) is 20.9. The van der Waals surface area contributed by atoms with Crippen molar-refractivity contribution in [3.05, 3.63) is 59.7 Å². The van der Waals surface area contributed by atoms with Crippen molar-refractivity contribution in [2.24, 2.45) is 0 Å². The molecule has 1 aliphatic rings. The summed E-state index contributed by atoms with van der Waals surface area (Å²) in [4.78, 5) is 14.5. The molecule has 1 saturated heterocycles. The number of rotatable bonds is 6. The second-order valence-corrected chi connectivity index (χ2v) is 6.75. The Labute approximate surface area is 167 Å². The summed E-state index contributed by atoms with van der Waals surface area (Å²) in [5.74, 6) is 0.233. The van der Waals surface area contributed by atoms with E-state index in [1.54, 1.807) is 42.3 Å². The summed E-state index contributed by atoms with van der Waals surface area (Å²) in [7, 11) is 1.54. The molecule has 29 heavy (non-hydrogen) atoms. The maximum atomic E-state index is 12.8. The summed E-state index contributed by atoms with van der Waals surface area (Å²) in [6.45, 7) is 1.19. The van der Waals surface area contributed by atoms with E-state index in [0.717, 1.165) is 12.8 Å². The number of ether oxygens (including phenoxy) is 3. The van der Waals surface area contributed by atoms with Gasteiger partial charge in [0.15, 0.2) is 0 Å². The topological polar surface area (TPSA) is 48.0 Å². The molecule has 0 unspecified atom stereocenters. The highest BCUT2D eigenvalue weighted by molar-refractivity contribution is 5.94. The van der Waals surface area contributed by atoms with E-state index < -0.39 is 6.36 Å². The standard InChI is InChI=1S/C21H22F3NO4/c1-27-17-7-3-6-16(12-17)20(26)25-10-4-9-19(13-25)28-14-15-5-2-8-18(11-15)29-21(22,23)24/h2-3,5-8,11-12,19H,4,9-10,13-14H2,1H3/t19-/m1/s1. The van der Waals surface area contributed by atoms with Gasteiger partial charge in [-0.3, -0.25) is 4.79 Å². The van der Waals surface area contributed by atoms with Crippen LogP contribution in [0.5, 0.6) is 11.5 Å². The number of carbonyl (C=O) groups excluding carboxylic acids is 1. The van der Waals surface area contributed by atoms with Crippen molar-refractivity contribution in [2.45, 2.75) is 31.9 Å². The number of carbonyl (C=O) groups is 1. The van der Waals surface area contributed by atoms with Gasteiger partial charge in [-0.05, 0) is 48.7 Å². The predicted octanol–water partition coefficient (Wildman–Crippen LogP) is 4.42. The van der Waals surface area contributed by atoms with Crippen molar-refractivity contribution in [1.29, 1.82) is 0 Å². The molecule has 0 bridgehead atoms. The van der Waals surface area contributed by atoms with Gasteiger partial charge in [0.05, 0.1) is 19.8 Å². The second-order valence-electron chi connectivity index (χ2n) is 6.75. The summed E-state index contributed by atoms with van der Waals surface area (Å²) in [5.41, 5.74) is 1.12. The van der Waals surface area contributed by atoms with Crippen LogP contribution in [0.3, 0.4) is 0 Å². The molecular weight excluding hydrogens is 387 g/mol. The molecule has 1 amide bonds.